The normalized spacial score (nSPS) is 11.2. The maximum Gasteiger partial charge on any atom is 0.251 e. The zero-order valence-electron chi connectivity index (χ0n) is 14.0. The molecule has 0 aliphatic carbocycles. The van der Waals surface area contributed by atoms with Crippen LogP contribution in [0.25, 0.3) is 10.9 Å². The minimum Gasteiger partial charge on any atom is -0.338 e. The van der Waals surface area contributed by atoms with E-state index in [1.54, 1.807) is 24.4 Å². The molecule has 0 spiro atoms. The smallest absolute Gasteiger partial charge is 0.251 e. The Kier molecular flexibility index (Phi) is 4.49. The summed E-state index contributed by atoms with van der Waals surface area (Å²) in [6.07, 6.45) is 4.25. The largest absolute Gasteiger partial charge is 0.338 e. The first-order valence-corrected chi connectivity index (χ1v) is 8.11. The quantitative estimate of drug-likeness (QED) is 0.531. The molecule has 0 aliphatic heterocycles. The van der Waals surface area contributed by atoms with Crippen molar-refractivity contribution in [2.24, 2.45) is 4.99 Å². The van der Waals surface area contributed by atoms with Crippen LogP contribution in [-0.2, 0) is 0 Å². The lowest BCUT2D eigenvalue weighted by Crippen LogP contribution is -1.99. The molecule has 0 fully saturated rings. The highest BCUT2D eigenvalue weighted by molar-refractivity contribution is 5.83. The fourth-order valence-electron chi connectivity index (χ4n) is 2.48. The maximum atomic E-state index is 14.1. The van der Waals surface area contributed by atoms with Crippen LogP contribution in [0, 0.1) is 11.6 Å². The fourth-order valence-corrected chi connectivity index (χ4v) is 2.48. The molecule has 7 heteroatoms. The van der Waals surface area contributed by atoms with Crippen molar-refractivity contribution in [3.05, 3.63) is 84.2 Å². The van der Waals surface area contributed by atoms with E-state index < -0.39 is 5.82 Å². The highest BCUT2D eigenvalue weighted by atomic mass is 19.1. The molecule has 4 rings (SSSR count). The van der Waals surface area contributed by atoms with Crippen molar-refractivity contribution in [1.82, 2.24) is 15.0 Å². The molecule has 0 saturated carbocycles. The second-order valence-corrected chi connectivity index (χ2v) is 5.71. The third kappa shape index (κ3) is 3.92. The number of nitrogens with one attached hydrogen (secondary N) is 1. The number of anilines is 2. The Morgan fingerprint density at radius 2 is 1.81 bits per heavy atom. The van der Waals surface area contributed by atoms with Gasteiger partial charge in [-0.3, -0.25) is 4.98 Å². The van der Waals surface area contributed by atoms with E-state index in [9.17, 15) is 8.78 Å². The SMILES string of the molecule is Fc1ccc(/C=N/c2ncc(F)c(Nc3ccc4ncccc4c3)n2)cc1. The number of fused-ring (bicyclic) bond motifs is 1. The number of aliphatic imine (C=N–C) groups is 1. The molecule has 0 aliphatic rings. The number of halogens is 2. The average molecular weight is 361 g/mol. The van der Waals surface area contributed by atoms with Crippen molar-refractivity contribution >= 4 is 34.6 Å². The van der Waals surface area contributed by atoms with Crippen LogP contribution in [0.5, 0.6) is 0 Å². The van der Waals surface area contributed by atoms with Crippen LogP contribution < -0.4 is 5.32 Å². The molecule has 0 unspecified atom stereocenters. The lowest BCUT2D eigenvalue weighted by atomic mass is 10.2. The Hall–Kier alpha value is -3.74. The van der Waals surface area contributed by atoms with Gasteiger partial charge in [-0.2, -0.15) is 4.98 Å². The summed E-state index contributed by atoms with van der Waals surface area (Å²) in [6, 6.07) is 15.0. The molecule has 0 bridgehead atoms. The van der Waals surface area contributed by atoms with Gasteiger partial charge in [-0.1, -0.05) is 18.2 Å². The summed E-state index contributed by atoms with van der Waals surface area (Å²) in [4.78, 5) is 16.3. The van der Waals surface area contributed by atoms with Gasteiger partial charge in [-0.05, 0) is 42.0 Å². The van der Waals surface area contributed by atoms with E-state index in [-0.39, 0.29) is 17.6 Å². The van der Waals surface area contributed by atoms with Gasteiger partial charge in [0.05, 0.1) is 11.7 Å². The lowest BCUT2D eigenvalue weighted by Gasteiger charge is -2.07. The van der Waals surface area contributed by atoms with Crippen molar-refractivity contribution in [3.8, 4) is 0 Å². The Labute approximate surface area is 153 Å². The Morgan fingerprint density at radius 3 is 2.67 bits per heavy atom. The highest BCUT2D eigenvalue weighted by Crippen LogP contribution is 2.22. The molecular weight excluding hydrogens is 348 g/mol. The zero-order valence-corrected chi connectivity index (χ0v) is 14.0. The third-order valence-corrected chi connectivity index (χ3v) is 3.80. The molecule has 2 aromatic carbocycles. The summed E-state index contributed by atoms with van der Waals surface area (Å²) in [6.45, 7) is 0. The van der Waals surface area contributed by atoms with Gasteiger partial charge in [0.2, 0.25) is 0 Å². The van der Waals surface area contributed by atoms with Crippen molar-refractivity contribution in [3.63, 3.8) is 0 Å². The molecule has 1 N–H and O–H groups in total. The van der Waals surface area contributed by atoms with Crippen LogP contribution in [0.2, 0.25) is 0 Å². The summed E-state index contributed by atoms with van der Waals surface area (Å²) in [5.41, 5.74) is 2.19. The second kappa shape index (κ2) is 7.25. The number of aromatic nitrogens is 3. The summed E-state index contributed by atoms with van der Waals surface area (Å²) in [5.74, 6) is -0.825. The Bertz CT molecular complexity index is 1130. The molecule has 27 heavy (non-hydrogen) atoms. The number of hydrogen-bond donors (Lipinski definition) is 1. The second-order valence-electron chi connectivity index (χ2n) is 5.71. The topological polar surface area (TPSA) is 63.1 Å². The lowest BCUT2D eigenvalue weighted by molar-refractivity contribution is 0.619. The predicted octanol–water partition coefficient (Wildman–Crippen LogP) is 4.80. The zero-order chi connectivity index (χ0) is 18.6. The predicted molar refractivity (Wildman–Crippen MR) is 101 cm³/mol. The van der Waals surface area contributed by atoms with Crippen LogP contribution in [0.4, 0.5) is 26.2 Å². The molecule has 132 valence electrons. The van der Waals surface area contributed by atoms with Crippen LogP contribution in [0.3, 0.4) is 0 Å². The first-order valence-electron chi connectivity index (χ1n) is 8.11. The maximum absolute atomic E-state index is 14.1. The van der Waals surface area contributed by atoms with E-state index in [0.29, 0.717) is 11.3 Å². The fraction of sp³-hybridized carbons (Fsp3) is 0. The summed E-state index contributed by atoms with van der Waals surface area (Å²) in [5, 5.41) is 3.86. The Morgan fingerprint density at radius 1 is 0.963 bits per heavy atom. The first-order chi connectivity index (χ1) is 13.2. The van der Waals surface area contributed by atoms with Crippen LogP contribution >= 0.6 is 0 Å². The monoisotopic (exact) mass is 361 g/mol. The number of benzene rings is 2. The van der Waals surface area contributed by atoms with Crippen LogP contribution in [0.15, 0.2) is 72.0 Å². The van der Waals surface area contributed by atoms with Crippen molar-refractivity contribution in [1.29, 1.82) is 0 Å². The minimum absolute atomic E-state index is 0.0134. The molecule has 2 aromatic heterocycles. The van der Waals surface area contributed by atoms with Gasteiger partial charge in [0.25, 0.3) is 5.95 Å². The minimum atomic E-state index is -0.595. The molecule has 5 nitrogen and oxygen atoms in total. The van der Waals surface area contributed by atoms with Gasteiger partial charge in [-0.25, -0.2) is 18.8 Å². The Balaban J connectivity index is 1.58. The number of hydrogen-bond acceptors (Lipinski definition) is 5. The first kappa shape index (κ1) is 16.7. The van der Waals surface area contributed by atoms with Crippen molar-refractivity contribution in [2.45, 2.75) is 0 Å². The van der Waals surface area contributed by atoms with Crippen LogP contribution in [-0.4, -0.2) is 21.2 Å². The van der Waals surface area contributed by atoms with E-state index in [1.807, 2.05) is 24.3 Å². The molecule has 2 heterocycles. The van der Waals surface area contributed by atoms with Gasteiger partial charge in [-0.15, -0.1) is 0 Å². The van der Waals surface area contributed by atoms with Gasteiger partial charge in [0, 0.05) is 23.5 Å². The van der Waals surface area contributed by atoms with E-state index >= 15 is 0 Å². The van der Waals surface area contributed by atoms with Crippen LogP contribution in [0.1, 0.15) is 5.56 Å². The number of rotatable bonds is 4. The molecule has 0 atom stereocenters. The molecule has 0 radical (unpaired) electrons. The standard InChI is InChI=1S/C20H13F2N5/c21-15-5-3-13(4-6-15)11-24-20-25-12-17(22)19(27-20)26-16-7-8-18-14(10-16)2-1-9-23-18/h1-12H,(H,25,26,27)/b24-11+. The van der Waals surface area contributed by atoms with E-state index in [1.165, 1.54) is 18.3 Å². The third-order valence-electron chi connectivity index (χ3n) is 3.80. The molecular formula is C20H13F2N5. The van der Waals surface area contributed by atoms with Crippen molar-refractivity contribution < 1.29 is 8.78 Å². The molecule has 0 saturated heterocycles. The van der Waals surface area contributed by atoms with Gasteiger partial charge in [0.15, 0.2) is 11.6 Å². The molecule has 4 aromatic rings. The summed E-state index contributed by atoms with van der Waals surface area (Å²) in [7, 11) is 0. The van der Waals surface area contributed by atoms with Gasteiger partial charge >= 0.3 is 0 Å². The number of pyridine rings is 1. The van der Waals surface area contributed by atoms with E-state index in [0.717, 1.165) is 17.1 Å². The van der Waals surface area contributed by atoms with E-state index in [4.69, 9.17) is 0 Å². The average Bonchev–Trinajstić information content (AvgIpc) is 2.70. The summed E-state index contributed by atoms with van der Waals surface area (Å²) < 4.78 is 27.0. The summed E-state index contributed by atoms with van der Waals surface area (Å²) >= 11 is 0. The van der Waals surface area contributed by atoms with Gasteiger partial charge < -0.3 is 5.32 Å². The van der Waals surface area contributed by atoms with Gasteiger partial charge in [0.1, 0.15) is 5.82 Å². The molecule has 0 amide bonds. The van der Waals surface area contributed by atoms with E-state index in [2.05, 4.69) is 25.3 Å². The highest BCUT2D eigenvalue weighted by Gasteiger charge is 2.07. The number of nitrogens with zero attached hydrogens (tertiary/aromatic N) is 4. The van der Waals surface area contributed by atoms with Crippen molar-refractivity contribution in [2.75, 3.05) is 5.32 Å².